The van der Waals surface area contributed by atoms with Crippen LogP contribution in [0.5, 0.6) is 0 Å². The van der Waals surface area contributed by atoms with E-state index in [0.29, 0.717) is 18.0 Å². The van der Waals surface area contributed by atoms with Gasteiger partial charge < -0.3 is 10.4 Å². The number of hydrogen-bond acceptors (Lipinski definition) is 2. The van der Waals surface area contributed by atoms with Gasteiger partial charge in [0.1, 0.15) is 0 Å². The molecule has 1 aliphatic rings. The fourth-order valence-corrected chi connectivity index (χ4v) is 1.93. The third-order valence-corrected chi connectivity index (χ3v) is 3.71. The predicted molar refractivity (Wildman–Crippen MR) is 71.1 cm³/mol. The Kier molecular flexibility index (Phi) is 3.55. The van der Waals surface area contributed by atoms with Gasteiger partial charge in [-0.15, -0.1) is 0 Å². The average Bonchev–Trinajstić information content (AvgIpc) is 3.05. The minimum Gasteiger partial charge on any atom is -0.387 e. The second-order valence-corrected chi connectivity index (χ2v) is 5.78. The Labute approximate surface area is 104 Å². The highest BCUT2D eigenvalue weighted by Crippen LogP contribution is 2.34. The van der Waals surface area contributed by atoms with Crippen molar-refractivity contribution in [3.63, 3.8) is 0 Å². The second kappa shape index (κ2) is 4.79. The van der Waals surface area contributed by atoms with Crippen LogP contribution in [0.1, 0.15) is 56.8 Å². The minimum atomic E-state index is -0.395. The maximum absolute atomic E-state index is 10.1. The van der Waals surface area contributed by atoms with Crippen LogP contribution >= 0.6 is 0 Å². The fourth-order valence-electron chi connectivity index (χ4n) is 1.93. The third kappa shape index (κ3) is 3.30. The van der Waals surface area contributed by atoms with Gasteiger partial charge in [0.15, 0.2) is 0 Å². The molecule has 1 saturated carbocycles. The Balaban J connectivity index is 1.91. The molecule has 0 radical (unpaired) electrons. The van der Waals surface area contributed by atoms with Crippen LogP contribution in [0.2, 0.25) is 0 Å². The molecule has 0 amide bonds. The molecule has 1 aromatic rings. The smallest absolute Gasteiger partial charge is 0.0914 e. The molecule has 0 spiro atoms. The first-order valence-electron chi connectivity index (χ1n) is 6.53. The van der Waals surface area contributed by atoms with E-state index in [4.69, 9.17) is 0 Å². The molecule has 2 nitrogen and oxygen atoms in total. The Morgan fingerprint density at radius 3 is 2.18 bits per heavy atom. The summed E-state index contributed by atoms with van der Waals surface area (Å²) in [5.74, 6) is 0.546. The molecule has 1 unspecified atom stereocenters. The van der Waals surface area contributed by atoms with Gasteiger partial charge in [0.25, 0.3) is 0 Å². The number of nitrogens with one attached hydrogen (secondary N) is 1. The molecule has 2 N–H and O–H groups in total. The second-order valence-electron chi connectivity index (χ2n) is 5.78. The minimum absolute atomic E-state index is 0.291. The monoisotopic (exact) mass is 233 g/mol. The van der Waals surface area contributed by atoms with Crippen molar-refractivity contribution in [2.45, 2.75) is 51.2 Å². The van der Waals surface area contributed by atoms with E-state index < -0.39 is 6.10 Å². The van der Waals surface area contributed by atoms with Gasteiger partial charge in [0.2, 0.25) is 0 Å². The Bertz CT molecular complexity index is 365. The lowest BCUT2D eigenvalue weighted by Crippen LogP contribution is -2.31. The highest BCUT2D eigenvalue weighted by Gasteiger charge is 2.36. The first-order chi connectivity index (χ1) is 8.00. The predicted octanol–water partition coefficient (Wildman–Crippen LogP) is 2.99. The van der Waals surface area contributed by atoms with Gasteiger partial charge in [-0.1, -0.05) is 38.1 Å². The Morgan fingerprint density at radius 2 is 1.71 bits per heavy atom. The SMILES string of the molecule is CC(C)c1ccc(C(O)CNC2(C)CC2)cc1. The summed E-state index contributed by atoms with van der Waals surface area (Å²) >= 11 is 0. The molecule has 17 heavy (non-hydrogen) atoms. The van der Waals surface area contributed by atoms with Crippen LogP contribution in [0.15, 0.2) is 24.3 Å². The summed E-state index contributed by atoms with van der Waals surface area (Å²) in [6.07, 6.45) is 2.06. The van der Waals surface area contributed by atoms with Crippen LogP contribution < -0.4 is 5.32 Å². The van der Waals surface area contributed by atoms with Gasteiger partial charge in [-0.3, -0.25) is 0 Å². The summed E-state index contributed by atoms with van der Waals surface area (Å²) in [6, 6.07) is 8.30. The lowest BCUT2D eigenvalue weighted by molar-refractivity contribution is 0.169. The number of rotatable bonds is 5. The zero-order chi connectivity index (χ0) is 12.5. The van der Waals surface area contributed by atoms with Gasteiger partial charge in [-0.25, -0.2) is 0 Å². The van der Waals surface area contributed by atoms with Gasteiger partial charge in [-0.05, 0) is 36.8 Å². The van der Waals surface area contributed by atoms with E-state index in [9.17, 15) is 5.11 Å². The van der Waals surface area contributed by atoms with Crippen molar-refractivity contribution < 1.29 is 5.11 Å². The third-order valence-electron chi connectivity index (χ3n) is 3.71. The summed E-state index contributed by atoms with van der Waals surface area (Å²) in [5, 5.41) is 13.5. The van der Waals surface area contributed by atoms with Crippen LogP contribution in [0.25, 0.3) is 0 Å². The molecule has 2 heteroatoms. The summed E-state index contributed by atoms with van der Waals surface area (Å²) in [4.78, 5) is 0. The first-order valence-corrected chi connectivity index (χ1v) is 6.53. The van der Waals surface area contributed by atoms with Crippen molar-refractivity contribution in [2.75, 3.05) is 6.54 Å². The van der Waals surface area contributed by atoms with E-state index in [2.05, 4.69) is 38.2 Å². The standard InChI is InChI=1S/C15H23NO/c1-11(2)12-4-6-13(7-5-12)14(17)10-16-15(3)8-9-15/h4-7,11,14,16-17H,8-10H2,1-3H3. The summed E-state index contributed by atoms with van der Waals surface area (Å²) in [7, 11) is 0. The van der Waals surface area contributed by atoms with E-state index in [0.717, 1.165) is 5.56 Å². The van der Waals surface area contributed by atoms with Crippen LogP contribution in [0.3, 0.4) is 0 Å². The largest absolute Gasteiger partial charge is 0.387 e. The highest BCUT2D eigenvalue weighted by atomic mass is 16.3. The highest BCUT2D eigenvalue weighted by molar-refractivity contribution is 5.26. The van der Waals surface area contributed by atoms with E-state index in [1.807, 2.05) is 12.1 Å². The molecule has 1 aliphatic carbocycles. The van der Waals surface area contributed by atoms with Crippen molar-refractivity contribution in [1.82, 2.24) is 5.32 Å². The fraction of sp³-hybridized carbons (Fsp3) is 0.600. The summed E-state index contributed by atoms with van der Waals surface area (Å²) < 4.78 is 0. The molecular weight excluding hydrogens is 210 g/mol. The van der Waals surface area contributed by atoms with Crippen molar-refractivity contribution in [2.24, 2.45) is 0 Å². The Hall–Kier alpha value is -0.860. The van der Waals surface area contributed by atoms with Gasteiger partial charge in [0, 0.05) is 12.1 Å². The topological polar surface area (TPSA) is 32.3 Å². The lowest BCUT2D eigenvalue weighted by atomic mass is 10.00. The number of aliphatic hydroxyl groups excluding tert-OH is 1. The lowest BCUT2D eigenvalue weighted by Gasteiger charge is -2.17. The van der Waals surface area contributed by atoms with E-state index in [1.54, 1.807) is 0 Å². The molecule has 0 aliphatic heterocycles. The molecule has 0 saturated heterocycles. The van der Waals surface area contributed by atoms with Crippen LogP contribution in [0, 0.1) is 0 Å². The number of β-amino-alcohol motifs (C(OH)–C–C–N with tert-alkyl or cyclic N) is 1. The maximum Gasteiger partial charge on any atom is 0.0914 e. The van der Waals surface area contributed by atoms with E-state index in [1.165, 1.54) is 18.4 Å². The zero-order valence-corrected chi connectivity index (χ0v) is 11.0. The molecule has 1 fully saturated rings. The number of aliphatic hydroxyl groups is 1. The molecule has 1 atom stereocenters. The van der Waals surface area contributed by atoms with Crippen LogP contribution in [-0.4, -0.2) is 17.2 Å². The molecular formula is C15H23NO. The molecule has 94 valence electrons. The van der Waals surface area contributed by atoms with E-state index >= 15 is 0 Å². The molecule has 0 bridgehead atoms. The summed E-state index contributed by atoms with van der Waals surface area (Å²) in [5.41, 5.74) is 2.62. The van der Waals surface area contributed by atoms with Gasteiger partial charge in [0.05, 0.1) is 6.10 Å². The van der Waals surface area contributed by atoms with Crippen molar-refractivity contribution >= 4 is 0 Å². The first kappa shape index (κ1) is 12.6. The van der Waals surface area contributed by atoms with E-state index in [-0.39, 0.29) is 0 Å². The Morgan fingerprint density at radius 1 is 1.18 bits per heavy atom. The molecule has 2 rings (SSSR count). The maximum atomic E-state index is 10.1. The van der Waals surface area contributed by atoms with Crippen molar-refractivity contribution in [3.05, 3.63) is 35.4 Å². The quantitative estimate of drug-likeness (QED) is 0.819. The number of benzene rings is 1. The molecule has 0 heterocycles. The van der Waals surface area contributed by atoms with Gasteiger partial charge in [-0.2, -0.15) is 0 Å². The molecule has 1 aromatic carbocycles. The zero-order valence-electron chi connectivity index (χ0n) is 11.0. The summed E-state index contributed by atoms with van der Waals surface area (Å²) in [6.45, 7) is 7.22. The van der Waals surface area contributed by atoms with Gasteiger partial charge >= 0.3 is 0 Å². The number of hydrogen-bond donors (Lipinski definition) is 2. The van der Waals surface area contributed by atoms with Crippen molar-refractivity contribution in [1.29, 1.82) is 0 Å². The molecule has 0 aromatic heterocycles. The van der Waals surface area contributed by atoms with Crippen molar-refractivity contribution in [3.8, 4) is 0 Å². The normalized spacial score (nSPS) is 19.4. The van der Waals surface area contributed by atoms with Crippen LogP contribution in [-0.2, 0) is 0 Å². The average molecular weight is 233 g/mol. The van der Waals surface area contributed by atoms with Crippen LogP contribution in [0.4, 0.5) is 0 Å².